The van der Waals surface area contributed by atoms with Crippen molar-refractivity contribution >= 4 is 16.7 Å². The van der Waals surface area contributed by atoms with E-state index in [1.165, 1.54) is 0 Å². The van der Waals surface area contributed by atoms with Gasteiger partial charge in [-0.3, -0.25) is 9.00 Å². The first kappa shape index (κ1) is 15.9. The molecule has 19 heavy (non-hydrogen) atoms. The van der Waals surface area contributed by atoms with Crippen LogP contribution >= 0.6 is 0 Å². The number of aliphatic hydroxyl groups excluding tert-OH is 1. The van der Waals surface area contributed by atoms with E-state index in [0.717, 1.165) is 0 Å². The number of nitrogens with one attached hydrogen (secondary N) is 1. The van der Waals surface area contributed by atoms with Crippen LogP contribution in [0.3, 0.4) is 0 Å². The highest BCUT2D eigenvalue weighted by Crippen LogP contribution is 2.15. The Morgan fingerprint density at radius 3 is 2.58 bits per heavy atom. The minimum Gasteiger partial charge on any atom is -0.396 e. The summed E-state index contributed by atoms with van der Waals surface area (Å²) in [5.74, 6) is 0.228. The number of benzene rings is 1. The first-order valence-electron chi connectivity index (χ1n) is 6.27. The van der Waals surface area contributed by atoms with E-state index in [1.807, 2.05) is 20.8 Å². The van der Waals surface area contributed by atoms with Crippen LogP contribution in [0.2, 0.25) is 0 Å². The molecule has 0 aliphatic carbocycles. The standard InChI is InChI=1S/C14H21NO3S/c1-4-19(18)12-8-6-5-7-11(12)13(17)15-9-14(2,3)10-16/h5-8,16H,4,9-10H2,1-3H3,(H,15,17). The number of hydrogen-bond donors (Lipinski definition) is 2. The van der Waals surface area contributed by atoms with Crippen molar-refractivity contribution in [3.8, 4) is 0 Å². The lowest BCUT2D eigenvalue weighted by Crippen LogP contribution is -2.36. The van der Waals surface area contributed by atoms with E-state index in [1.54, 1.807) is 24.3 Å². The number of amides is 1. The first-order chi connectivity index (χ1) is 8.91. The molecule has 0 aromatic heterocycles. The van der Waals surface area contributed by atoms with Gasteiger partial charge >= 0.3 is 0 Å². The molecule has 2 N–H and O–H groups in total. The van der Waals surface area contributed by atoms with Crippen molar-refractivity contribution < 1.29 is 14.1 Å². The van der Waals surface area contributed by atoms with Crippen LogP contribution in [-0.2, 0) is 10.8 Å². The van der Waals surface area contributed by atoms with Gasteiger partial charge in [-0.2, -0.15) is 0 Å². The van der Waals surface area contributed by atoms with Gasteiger partial charge in [0.25, 0.3) is 5.91 Å². The van der Waals surface area contributed by atoms with Gasteiger partial charge in [-0.05, 0) is 12.1 Å². The molecule has 1 unspecified atom stereocenters. The lowest BCUT2D eigenvalue weighted by molar-refractivity contribution is 0.0908. The summed E-state index contributed by atoms with van der Waals surface area (Å²) in [7, 11) is -1.16. The second kappa shape index (κ2) is 6.82. The summed E-state index contributed by atoms with van der Waals surface area (Å²) in [4.78, 5) is 12.7. The molecule has 1 rings (SSSR count). The van der Waals surface area contributed by atoms with Crippen LogP contribution in [0.4, 0.5) is 0 Å². The number of aliphatic hydroxyl groups is 1. The summed E-state index contributed by atoms with van der Waals surface area (Å²) < 4.78 is 11.9. The average Bonchev–Trinajstić information content (AvgIpc) is 2.44. The molecule has 0 aliphatic heterocycles. The number of carbonyl (C=O) groups excluding carboxylic acids is 1. The first-order valence-corrected chi connectivity index (χ1v) is 7.59. The summed E-state index contributed by atoms with van der Waals surface area (Å²) in [6.07, 6.45) is 0. The van der Waals surface area contributed by atoms with Gasteiger partial charge < -0.3 is 10.4 Å². The topological polar surface area (TPSA) is 66.4 Å². The smallest absolute Gasteiger partial charge is 0.252 e. The predicted octanol–water partition coefficient (Wildman–Crippen LogP) is 1.56. The minimum absolute atomic E-state index is 0.00415. The molecule has 1 amide bonds. The second-order valence-corrected chi connectivity index (χ2v) is 6.84. The normalized spacial score (nSPS) is 13.1. The SMILES string of the molecule is CCS(=O)c1ccccc1C(=O)NCC(C)(C)CO. The predicted molar refractivity (Wildman–Crippen MR) is 76.6 cm³/mol. The monoisotopic (exact) mass is 283 g/mol. The Labute approximate surface area is 116 Å². The summed E-state index contributed by atoms with van der Waals surface area (Å²) >= 11 is 0. The van der Waals surface area contributed by atoms with E-state index >= 15 is 0 Å². The summed E-state index contributed by atoms with van der Waals surface area (Å²) in [5.41, 5.74) is 0.0746. The minimum atomic E-state index is -1.16. The third kappa shape index (κ3) is 4.44. The highest BCUT2D eigenvalue weighted by atomic mass is 32.2. The van der Waals surface area contributed by atoms with Crippen molar-refractivity contribution in [1.29, 1.82) is 0 Å². The highest BCUT2D eigenvalue weighted by Gasteiger charge is 2.20. The molecule has 0 saturated heterocycles. The molecule has 4 nitrogen and oxygen atoms in total. The molecule has 0 heterocycles. The van der Waals surface area contributed by atoms with Gasteiger partial charge in [0, 0.05) is 24.3 Å². The van der Waals surface area contributed by atoms with Crippen LogP contribution in [0, 0.1) is 5.41 Å². The summed E-state index contributed by atoms with van der Waals surface area (Å²) in [6.45, 7) is 5.91. The number of carbonyl (C=O) groups is 1. The summed E-state index contributed by atoms with van der Waals surface area (Å²) in [5, 5.41) is 11.9. The van der Waals surface area contributed by atoms with E-state index < -0.39 is 10.8 Å². The lowest BCUT2D eigenvalue weighted by atomic mass is 9.95. The van der Waals surface area contributed by atoms with Crippen molar-refractivity contribution in [2.75, 3.05) is 18.9 Å². The second-order valence-electron chi connectivity index (χ2n) is 5.14. The van der Waals surface area contributed by atoms with Crippen molar-refractivity contribution in [3.63, 3.8) is 0 Å². The maximum atomic E-state index is 12.1. The Morgan fingerprint density at radius 1 is 1.37 bits per heavy atom. The highest BCUT2D eigenvalue weighted by molar-refractivity contribution is 7.85. The van der Waals surface area contributed by atoms with Gasteiger partial charge in [0.15, 0.2) is 0 Å². The van der Waals surface area contributed by atoms with Crippen LogP contribution in [0.1, 0.15) is 31.1 Å². The van der Waals surface area contributed by atoms with Gasteiger partial charge in [0.1, 0.15) is 0 Å². The van der Waals surface area contributed by atoms with Crippen LogP contribution in [0.15, 0.2) is 29.2 Å². The van der Waals surface area contributed by atoms with Crippen molar-refractivity contribution in [1.82, 2.24) is 5.32 Å². The molecule has 1 atom stereocenters. The van der Waals surface area contributed by atoms with Crippen LogP contribution in [0.5, 0.6) is 0 Å². The fourth-order valence-corrected chi connectivity index (χ4v) is 2.43. The molecular weight excluding hydrogens is 262 g/mol. The Kier molecular flexibility index (Phi) is 5.69. The van der Waals surface area contributed by atoms with Crippen LogP contribution < -0.4 is 5.32 Å². The molecule has 0 bridgehead atoms. The zero-order valence-electron chi connectivity index (χ0n) is 11.6. The fraction of sp³-hybridized carbons (Fsp3) is 0.500. The molecule has 1 aromatic rings. The molecule has 0 spiro atoms. The quantitative estimate of drug-likeness (QED) is 0.832. The van der Waals surface area contributed by atoms with Gasteiger partial charge in [-0.1, -0.05) is 32.9 Å². The Hall–Kier alpha value is -1.20. The third-order valence-corrected chi connectivity index (χ3v) is 4.17. The van der Waals surface area contributed by atoms with Gasteiger partial charge in [-0.25, -0.2) is 0 Å². The van der Waals surface area contributed by atoms with Gasteiger partial charge in [0.2, 0.25) is 0 Å². The van der Waals surface area contributed by atoms with Crippen LogP contribution in [-0.4, -0.2) is 34.1 Å². The number of hydrogen-bond acceptors (Lipinski definition) is 3. The average molecular weight is 283 g/mol. The van der Waals surface area contributed by atoms with Crippen molar-refractivity contribution in [3.05, 3.63) is 29.8 Å². The molecule has 0 fully saturated rings. The zero-order chi connectivity index (χ0) is 14.5. The van der Waals surface area contributed by atoms with E-state index in [-0.39, 0.29) is 17.9 Å². The Bertz CT molecular complexity index is 472. The third-order valence-electron chi connectivity index (χ3n) is 2.79. The fourth-order valence-electron chi connectivity index (χ4n) is 1.48. The molecule has 106 valence electrons. The zero-order valence-corrected chi connectivity index (χ0v) is 12.4. The maximum Gasteiger partial charge on any atom is 0.252 e. The van der Waals surface area contributed by atoms with Crippen LogP contribution in [0.25, 0.3) is 0 Å². The molecule has 0 aliphatic rings. The van der Waals surface area contributed by atoms with Crippen molar-refractivity contribution in [2.24, 2.45) is 5.41 Å². The van der Waals surface area contributed by atoms with Gasteiger partial charge in [-0.15, -0.1) is 0 Å². The van der Waals surface area contributed by atoms with Crippen molar-refractivity contribution in [2.45, 2.75) is 25.7 Å². The largest absolute Gasteiger partial charge is 0.396 e. The molecule has 1 aromatic carbocycles. The van der Waals surface area contributed by atoms with E-state index in [0.29, 0.717) is 22.8 Å². The maximum absolute atomic E-state index is 12.1. The van der Waals surface area contributed by atoms with E-state index in [4.69, 9.17) is 5.11 Å². The van der Waals surface area contributed by atoms with E-state index in [2.05, 4.69) is 5.32 Å². The Morgan fingerprint density at radius 2 is 2.00 bits per heavy atom. The molecule has 0 radical (unpaired) electrons. The summed E-state index contributed by atoms with van der Waals surface area (Å²) in [6, 6.07) is 6.91. The van der Waals surface area contributed by atoms with E-state index in [9.17, 15) is 9.00 Å². The number of rotatable bonds is 6. The molecular formula is C14H21NO3S. The van der Waals surface area contributed by atoms with Gasteiger partial charge in [0.05, 0.1) is 21.3 Å². The molecule has 5 heteroatoms. The Balaban J connectivity index is 2.86. The molecule has 0 saturated carbocycles. The lowest BCUT2D eigenvalue weighted by Gasteiger charge is -2.22.